The van der Waals surface area contributed by atoms with Crippen molar-refractivity contribution in [2.75, 3.05) is 19.8 Å². The van der Waals surface area contributed by atoms with E-state index >= 15 is 0 Å². The first kappa shape index (κ1) is 18.7. The first-order chi connectivity index (χ1) is 14.7. The van der Waals surface area contributed by atoms with Crippen LogP contribution in [0.3, 0.4) is 0 Å². The summed E-state index contributed by atoms with van der Waals surface area (Å²) < 4.78 is 16.8. The van der Waals surface area contributed by atoms with Gasteiger partial charge in [0.1, 0.15) is 13.2 Å². The third-order valence-electron chi connectivity index (χ3n) is 6.01. The molecule has 1 aliphatic carbocycles. The zero-order valence-corrected chi connectivity index (χ0v) is 16.6. The molecule has 2 aromatic heterocycles. The number of carbonyl (C=O) groups is 1. The van der Waals surface area contributed by atoms with Gasteiger partial charge in [-0.3, -0.25) is 9.78 Å². The van der Waals surface area contributed by atoms with E-state index in [1.807, 2.05) is 18.2 Å². The van der Waals surface area contributed by atoms with Crippen molar-refractivity contribution < 1.29 is 18.8 Å². The van der Waals surface area contributed by atoms with E-state index in [0.717, 1.165) is 42.7 Å². The second kappa shape index (κ2) is 7.82. The predicted octanol–water partition coefficient (Wildman–Crippen LogP) is 3.75. The fraction of sp³-hybridized carbons (Fsp3) is 0.348. The van der Waals surface area contributed by atoms with Crippen LogP contribution in [0.15, 0.2) is 53.3 Å². The smallest absolute Gasteiger partial charge is 0.273 e. The summed E-state index contributed by atoms with van der Waals surface area (Å²) in [5.74, 6) is 1.89. The van der Waals surface area contributed by atoms with E-state index < -0.39 is 0 Å². The van der Waals surface area contributed by atoms with Crippen LogP contribution in [-0.4, -0.2) is 35.8 Å². The number of ether oxygens (including phenoxy) is 2. The lowest BCUT2D eigenvalue weighted by atomic mass is 9.78. The molecule has 3 heterocycles. The number of amides is 1. The van der Waals surface area contributed by atoms with Gasteiger partial charge in [0.25, 0.3) is 5.91 Å². The summed E-state index contributed by atoms with van der Waals surface area (Å²) in [5.41, 5.74) is 2.18. The average molecular weight is 405 g/mol. The molecule has 1 saturated carbocycles. The van der Waals surface area contributed by atoms with E-state index in [1.54, 1.807) is 18.5 Å². The lowest BCUT2D eigenvalue weighted by Gasteiger charge is -2.31. The fourth-order valence-electron chi connectivity index (χ4n) is 4.37. The Balaban J connectivity index is 1.32. The highest BCUT2D eigenvalue weighted by Crippen LogP contribution is 2.43. The molecule has 1 amide bonds. The van der Waals surface area contributed by atoms with Crippen molar-refractivity contribution in [3.63, 3.8) is 0 Å². The minimum Gasteiger partial charge on any atom is -0.486 e. The van der Waals surface area contributed by atoms with Crippen LogP contribution < -0.4 is 14.8 Å². The number of nitrogens with one attached hydrogen (secondary N) is 1. The standard InChI is InChI=1S/C23H23N3O4/c27-22(18-14-20(30-26-18)16-5-9-24-10-6-16)25-15-23(7-1-2-8-23)17-3-4-19-21(13-17)29-12-11-28-19/h3-6,9-10,13-14H,1-2,7-8,11-12,15H2,(H,25,27). The van der Waals surface area contributed by atoms with Crippen LogP contribution in [0.5, 0.6) is 11.5 Å². The summed E-state index contributed by atoms with van der Waals surface area (Å²) in [7, 11) is 0. The number of hydrogen-bond donors (Lipinski definition) is 1. The number of aromatic nitrogens is 2. The Labute approximate surface area is 174 Å². The summed E-state index contributed by atoms with van der Waals surface area (Å²) >= 11 is 0. The van der Waals surface area contributed by atoms with Crippen molar-refractivity contribution in [3.05, 3.63) is 60.0 Å². The molecule has 0 radical (unpaired) electrons. The average Bonchev–Trinajstić information content (AvgIpc) is 3.49. The van der Waals surface area contributed by atoms with Gasteiger partial charge in [-0.1, -0.05) is 24.1 Å². The van der Waals surface area contributed by atoms with E-state index in [2.05, 4.69) is 27.6 Å². The molecule has 1 aliphatic heterocycles. The Kier molecular flexibility index (Phi) is 4.86. The number of hydrogen-bond acceptors (Lipinski definition) is 6. The highest BCUT2D eigenvalue weighted by atomic mass is 16.6. The Morgan fingerprint density at radius 1 is 1.00 bits per heavy atom. The second-order valence-electron chi connectivity index (χ2n) is 7.84. The van der Waals surface area contributed by atoms with Gasteiger partial charge in [0, 0.05) is 36.0 Å². The van der Waals surface area contributed by atoms with Crippen LogP contribution in [-0.2, 0) is 5.41 Å². The summed E-state index contributed by atoms with van der Waals surface area (Å²) in [6.45, 7) is 1.68. The molecule has 1 N–H and O–H groups in total. The van der Waals surface area contributed by atoms with Gasteiger partial charge in [0.2, 0.25) is 0 Å². The first-order valence-electron chi connectivity index (χ1n) is 10.3. The number of benzene rings is 1. The molecule has 0 bridgehead atoms. The summed E-state index contributed by atoms with van der Waals surface area (Å²) in [6, 6.07) is 11.4. The highest BCUT2D eigenvalue weighted by molar-refractivity contribution is 5.93. The molecule has 0 saturated heterocycles. The lowest BCUT2D eigenvalue weighted by Crippen LogP contribution is -2.39. The summed E-state index contributed by atoms with van der Waals surface area (Å²) in [4.78, 5) is 16.8. The molecule has 7 heteroatoms. The van der Waals surface area contributed by atoms with Crippen LogP contribution in [0.1, 0.15) is 41.7 Å². The van der Waals surface area contributed by atoms with Gasteiger partial charge < -0.3 is 19.3 Å². The lowest BCUT2D eigenvalue weighted by molar-refractivity contribution is 0.0934. The van der Waals surface area contributed by atoms with E-state index in [-0.39, 0.29) is 17.0 Å². The zero-order valence-electron chi connectivity index (χ0n) is 16.6. The molecular formula is C23H23N3O4. The summed E-state index contributed by atoms with van der Waals surface area (Å²) in [5, 5.41) is 7.03. The molecule has 3 aromatic rings. The molecular weight excluding hydrogens is 382 g/mol. The van der Waals surface area contributed by atoms with Gasteiger partial charge in [-0.25, -0.2) is 0 Å². The maximum atomic E-state index is 12.8. The molecule has 5 rings (SSSR count). The minimum atomic E-state index is -0.233. The van der Waals surface area contributed by atoms with E-state index in [9.17, 15) is 4.79 Å². The Hall–Kier alpha value is -3.35. The second-order valence-corrected chi connectivity index (χ2v) is 7.84. The third-order valence-corrected chi connectivity index (χ3v) is 6.01. The maximum absolute atomic E-state index is 12.8. The van der Waals surface area contributed by atoms with Crippen molar-refractivity contribution >= 4 is 5.91 Å². The van der Waals surface area contributed by atoms with Crippen molar-refractivity contribution in [2.24, 2.45) is 0 Å². The number of pyridine rings is 1. The molecule has 30 heavy (non-hydrogen) atoms. The monoisotopic (exact) mass is 405 g/mol. The highest BCUT2D eigenvalue weighted by Gasteiger charge is 2.37. The number of rotatable bonds is 5. The Bertz CT molecular complexity index is 1040. The van der Waals surface area contributed by atoms with Crippen LogP contribution in [0.25, 0.3) is 11.3 Å². The van der Waals surface area contributed by atoms with Crippen molar-refractivity contribution in [3.8, 4) is 22.8 Å². The topological polar surface area (TPSA) is 86.5 Å². The maximum Gasteiger partial charge on any atom is 0.273 e. The molecule has 1 fully saturated rings. The van der Waals surface area contributed by atoms with Crippen LogP contribution in [0, 0.1) is 0 Å². The van der Waals surface area contributed by atoms with Gasteiger partial charge in [0.05, 0.1) is 0 Å². The van der Waals surface area contributed by atoms with Crippen LogP contribution >= 0.6 is 0 Å². The number of fused-ring (bicyclic) bond motifs is 1. The SMILES string of the molecule is O=C(NCC1(c2ccc3c(c2)OCCO3)CCCC1)c1cc(-c2ccncc2)on1. The summed E-state index contributed by atoms with van der Waals surface area (Å²) in [6.07, 6.45) is 7.67. The van der Waals surface area contributed by atoms with E-state index in [4.69, 9.17) is 14.0 Å². The molecule has 0 spiro atoms. The molecule has 7 nitrogen and oxygen atoms in total. The fourth-order valence-corrected chi connectivity index (χ4v) is 4.37. The van der Waals surface area contributed by atoms with Crippen molar-refractivity contribution in [1.29, 1.82) is 0 Å². The quantitative estimate of drug-likeness (QED) is 0.696. The molecule has 0 unspecified atom stereocenters. The normalized spacial score (nSPS) is 16.9. The van der Waals surface area contributed by atoms with Crippen molar-refractivity contribution in [1.82, 2.24) is 15.5 Å². The zero-order chi connectivity index (χ0) is 20.4. The molecule has 154 valence electrons. The van der Waals surface area contributed by atoms with Crippen LogP contribution in [0.4, 0.5) is 0 Å². The van der Waals surface area contributed by atoms with Gasteiger partial charge in [-0.15, -0.1) is 0 Å². The third kappa shape index (κ3) is 3.51. The molecule has 2 aliphatic rings. The minimum absolute atomic E-state index is 0.108. The van der Waals surface area contributed by atoms with Gasteiger partial charge in [-0.2, -0.15) is 0 Å². The van der Waals surface area contributed by atoms with Gasteiger partial charge in [0.15, 0.2) is 23.0 Å². The largest absolute Gasteiger partial charge is 0.486 e. The number of nitrogens with zero attached hydrogens (tertiary/aromatic N) is 2. The predicted molar refractivity (Wildman–Crippen MR) is 110 cm³/mol. The van der Waals surface area contributed by atoms with E-state index in [1.165, 1.54) is 5.56 Å². The molecule has 0 atom stereocenters. The molecule has 1 aromatic carbocycles. The van der Waals surface area contributed by atoms with Crippen LogP contribution in [0.2, 0.25) is 0 Å². The van der Waals surface area contributed by atoms with Crippen molar-refractivity contribution in [2.45, 2.75) is 31.1 Å². The van der Waals surface area contributed by atoms with E-state index in [0.29, 0.717) is 25.5 Å². The Morgan fingerprint density at radius 2 is 1.77 bits per heavy atom. The Morgan fingerprint density at radius 3 is 2.57 bits per heavy atom. The number of carbonyl (C=O) groups excluding carboxylic acids is 1. The van der Waals surface area contributed by atoms with Gasteiger partial charge in [-0.05, 0) is 42.7 Å². The van der Waals surface area contributed by atoms with Gasteiger partial charge >= 0.3 is 0 Å². The first-order valence-corrected chi connectivity index (χ1v) is 10.3.